The molecule has 0 amide bonds. The third kappa shape index (κ3) is 9.77. The highest BCUT2D eigenvalue weighted by molar-refractivity contribution is 7.89. The molecule has 2 atom stereocenters. The molecule has 2 saturated carbocycles. The van der Waals surface area contributed by atoms with E-state index in [1.165, 1.54) is 63.5 Å². The van der Waals surface area contributed by atoms with Gasteiger partial charge in [0.2, 0.25) is 0 Å². The Labute approximate surface area is 228 Å². The third-order valence-corrected chi connectivity index (χ3v) is 9.56. The Hall–Kier alpha value is -1.76. The predicted octanol–water partition coefficient (Wildman–Crippen LogP) is 4.27. The largest absolute Gasteiger partial charge is 0.271 e. The van der Waals surface area contributed by atoms with Crippen LogP contribution in [0.4, 0.5) is 0 Å². The molecule has 38 heavy (non-hydrogen) atoms. The van der Waals surface area contributed by atoms with Gasteiger partial charge in [-0.1, -0.05) is 27.7 Å². The summed E-state index contributed by atoms with van der Waals surface area (Å²) in [5.41, 5.74) is 0.994. The van der Waals surface area contributed by atoms with E-state index in [0.717, 1.165) is 37.8 Å². The van der Waals surface area contributed by atoms with Crippen molar-refractivity contribution in [2.45, 2.75) is 115 Å². The summed E-state index contributed by atoms with van der Waals surface area (Å²) >= 11 is 0. The fourth-order valence-electron chi connectivity index (χ4n) is 5.98. The number of nitrogens with two attached hydrogens (primary N) is 2. The molecular formula is C26H46N6O4S2. The zero-order valence-electron chi connectivity index (χ0n) is 23.3. The number of sulfonamides is 2. The molecule has 2 aliphatic rings. The van der Waals surface area contributed by atoms with Crippen molar-refractivity contribution in [1.29, 1.82) is 0 Å². The second-order valence-electron chi connectivity index (χ2n) is 12.8. The van der Waals surface area contributed by atoms with Crippen molar-refractivity contribution in [2.24, 2.45) is 32.9 Å². The zero-order chi connectivity index (χ0) is 28.2. The number of aromatic nitrogens is 4. The Morgan fingerprint density at radius 1 is 0.763 bits per heavy atom. The molecule has 0 aromatic carbocycles. The molecule has 10 nitrogen and oxygen atoms in total. The van der Waals surface area contributed by atoms with Crippen LogP contribution >= 0.6 is 0 Å². The summed E-state index contributed by atoms with van der Waals surface area (Å²) in [6.07, 6.45) is 15.7. The molecule has 0 bridgehead atoms. The molecule has 2 fully saturated rings. The van der Waals surface area contributed by atoms with Crippen molar-refractivity contribution >= 4 is 20.0 Å². The Morgan fingerprint density at radius 3 is 1.39 bits per heavy atom. The van der Waals surface area contributed by atoms with Gasteiger partial charge in [-0.15, -0.1) is 0 Å². The second-order valence-corrected chi connectivity index (χ2v) is 15.8. The maximum atomic E-state index is 11.1. The van der Waals surface area contributed by atoms with Crippen molar-refractivity contribution in [3.05, 3.63) is 24.5 Å². The van der Waals surface area contributed by atoms with E-state index in [9.17, 15) is 16.8 Å². The summed E-state index contributed by atoms with van der Waals surface area (Å²) in [6.45, 7) is 10.8. The van der Waals surface area contributed by atoms with Gasteiger partial charge in [-0.3, -0.25) is 9.36 Å². The van der Waals surface area contributed by atoms with E-state index in [1.807, 2.05) is 0 Å². The van der Waals surface area contributed by atoms with E-state index >= 15 is 0 Å². The van der Waals surface area contributed by atoms with Crippen molar-refractivity contribution < 1.29 is 16.8 Å². The Bertz CT molecular complexity index is 1170. The number of primary sulfonamides is 2. The van der Waals surface area contributed by atoms with Gasteiger partial charge in [0.25, 0.3) is 20.0 Å². The molecule has 12 heteroatoms. The van der Waals surface area contributed by atoms with E-state index in [4.69, 9.17) is 10.3 Å². The lowest BCUT2D eigenvalue weighted by atomic mass is 9.89. The smallest absolute Gasteiger partial charge is 0.257 e. The topological polar surface area (TPSA) is 156 Å². The van der Waals surface area contributed by atoms with Gasteiger partial charge in [0, 0.05) is 25.5 Å². The molecule has 2 aromatic heterocycles. The van der Waals surface area contributed by atoms with Crippen LogP contribution in [0.1, 0.15) is 91.9 Å². The van der Waals surface area contributed by atoms with Gasteiger partial charge in [0.1, 0.15) is 0 Å². The molecule has 2 aliphatic carbocycles. The van der Waals surface area contributed by atoms with Gasteiger partial charge < -0.3 is 0 Å². The summed E-state index contributed by atoms with van der Waals surface area (Å²) in [5.74, 6) is 1.62. The van der Waals surface area contributed by atoms with Crippen LogP contribution in [0.15, 0.2) is 34.6 Å². The van der Waals surface area contributed by atoms with Crippen LogP contribution in [0.2, 0.25) is 0 Å². The molecular weight excluding hydrogens is 524 g/mol. The van der Waals surface area contributed by atoms with E-state index in [2.05, 4.69) is 37.9 Å². The van der Waals surface area contributed by atoms with Crippen LogP contribution in [0, 0.1) is 22.7 Å². The average Bonchev–Trinajstić information content (AvgIpc) is 3.55. The average molecular weight is 571 g/mol. The van der Waals surface area contributed by atoms with Crippen LogP contribution in [0.5, 0.6) is 0 Å². The number of hydrogen-bond acceptors (Lipinski definition) is 6. The molecule has 0 saturated heterocycles. The number of hydrogen-bond donors (Lipinski definition) is 2. The molecule has 0 radical (unpaired) electrons. The fourth-order valence-corrected chi connectivity index (χ4v) is 6.91. The first-order chi connectivity index (χ1) is 17.5. The highest BCUT2D eigenvalue weighted by Crippen LogP contribution is 2.43. The molecule has 2 aromatic rings. The van der Waals surface area contributed by atoms with Gasteiger partial charge in [-0.05, 0) is 99.0 Å². The summed E-state index contributed by atoms with van der Waals surface area (Å²) in [4.78, 5) is 0. The molecule has 0 aliphatic heterocycles. The normalized spacial score (nSPS) is 22.8. The highest BCUT2D eigenvalue weighted by atomic mass is 32.2. The van der Waals surface area contributed by atoms with Crippen molar-refractivity contribution in [3.63, 3.8) is 0 Å². The number of nitrogens with zero attached hydrogens (tertiary/aromatic N) is 4. The number of aryl methyl sites for hydroxylation is 2. The monoisotopic (exact) mass is 570 g/mol. The molecule has 0 spiro atoms. The highest BCUT2D eigenvalue weighted by Gasteiger charge is 2.31. The van der Waals surface area contributed by atoms with Crippen molar-refractivity contribution in [1.82, 2.24) is 19.6 Å². The lowest BCUT2D eigenvalue weighted by Gasteiger charge is -2.17. The first kappa shape index (κ1) is 30.8. The maximum absolute atomic E-state index is 11.1. The maximum Gasteiger partial charge on any atom is 0.257 e. The Kier molecular flexibility index (Phi) is 9.87. The zero-order valence-corrected chi connectivity index (χ0v) is 25.0. The van der Waals surface area contributed by atoms with E-state index in [-0.39, 0.29) is 10.1 Å². The lowest BCUT2D eigenvalue weighted by Crippen LogP contribution is -2.13. The molecule has 4 rings (SSSR count). The minimum atomic E-state index is -3.67. The van der Waals surface area contributed by atoms with Gasteiger partial charge in [-0.2, -0.15) is 10.2 Å². The van der Waals surface area contributed by atoms with Crippen LogP contribution in [-0.2, 0) is 33.1 Å². The standard InChI is InChI=1S/2C13H23N3O2S/c2*1-13(2)7-5-11(10-13)4-3-8-16-9-6-12(15-16)19(14,17)18/h2*6,9,11H,3-5,7-8,10H2,1-2H3,(H2,14,17,18)/t11-;/m1./s1. The summed E-state index contributed by atoms with van der Waals surface area (Å²) in [6, 6.07) is 2.90. The van der Waals surface area contributed by atoms with Crippen LogP contribution in [0.25, 0.3) is 0 Å². The lowest BCUT2D eigenvalue weighted by molar-refractivity contribution is 0.347. The van der Waals surface area contributed by atoms with Crippen molar-refractivity contribution in [3.8, 4) is 0 Å². The molecule has 216 valence electrons. The van der Waals surface area contributed by atoms with Crippen LogP contribution in [0.3, 0.4) is 0 Å². The quantitative estimate of drug-likeness (QED) is 0.434. The van der Waals surface area contributed by atoms with Crippen LogP contribution in [-0.4, -0.2) is 36.4 Å². The van der Waals surface area contributed by atoms with Gasteiger partial charge in [-0.25, -0.2) is 27.1 Å². The molecule has 2 heterocycles. The first-order valence-corrected chi connectivity index (χ1v) is 16.7. The Morgan fingerprint density at radius 2 is 1.13 bits per heavy atom. The Balaban J connectivity index is 0.000000211. The number of rotatable bonds is 10. The van der Waals surface area contributed by atoms with Gasteiger partial charge in [0.05, 0.1) is 0 Å². The van der Waals surface area contributed by atoms with Gasteiger partial charge >= 0.3 is 0 Å². The van der Waals surface area contributed by atoms with E-state index in [1.54, 1.807) is 21.8 Å². The second kappa shape index (κ2) is 12.2. The summed E-state index contributed by atoms with van der Waals surface area (Å²) < 4.78 is 47.7. The molecule has 1 unspecified atom stereocenters. The fraction of sp³-hybridized carbons (Fsp3) is 0.769. The third-order valence-electron chi connectivity index (χ3n) is 7.96. The van der Waals surface area contributed by atoms with E-state index < -0.39 is 20.0 Å². The minimum absolute atomic E-state index is 0.0468. The van der Waals surface area contributed by atoms with Gasteiger partial charge in [0.15, 0.2) is 10.1 Å². The minimum Gasteiger partial charge on any atom is -0.271 e. The molecule has 4 N–H and O–H groups in total. The first-order valence-electron chi connectivity index (χ1n) is 13.7. The predicted molar refractivity (Wildman–Crippen MR) is 148 cm³/mol. The summed E-state index contributed by atoms with van der Waals surface area (Å²) in [5, 5.41) is 17.9. The van der Waals surface area contributed by atoms with Crippen molar-refractivity contribution in [2.75, 3.05) is 0 Å². The summed E-state index contributed by atoms with van der Waals surface area (Å²) in [7, 11) is -7.34. The SMILES string of the molecule is CC1(C)CCC(CCCn2ccc(S(N)(=O)=O)n2)C1.CC1(C)CC[C@@H](CCCn2ccc(S(N)(=O)=O)n2)C1. The van der Waals surface area contributed by atoms with E-state index in [0.29, 0.717) is 10.8 Å². The van der Waals surface area contributed by atoms with Crippen LogP contribution < -0.4 is 10.3 Å².